The molecule has 1 aromatic rings. The number of nitrogens with zero attached hydrogens (tertiary/aromatic N) is 2. The number of rotatable bonds is 4. The molecule has 3 N–H and O–H groups in total. The summed E-state index contributed by atoms with van der Waals surface area (Å²) in [5.74, 6) is 0.596. The summed E-state index contributed by atoms with van der Waals surface area (Å²) < 4.78 is 0. The van der Waals surface area contributed by atoms with E-state index in [1.165, 1.54) is 12.1 Å². The van der Waals surface area contributed by atoms with Gasteiger partial charge in [-0.1, -0.05) is 0 Å². The molecule has 19 heavy (non-hydrogen) atoms. The van der Waals surface area contributed by atoms with Gasteiger partial charge in [0.2, 0.25) is 5.91 Å². The number of aromatic nitrogens is 1. The summed E-state index contributed by atoms with van der Waals surface area (Å²) in [6.45, 7) is 0.668. The molecule has 1 aliphatic heterocycles. The van der Waals surface area contributed by atoms with Crippen molar-refractivity contribution in [2.24, 2.45) is 0 Å². The number of nitro groups is 1. The fourth-order valence-corrected chi connectivity index (χ4v) is 1.91. The van der Waals surface area contributed by atoms with Crippen LogP contribution in [0.25, 0.3) is 0 Å². The number of amides is 1. The van der Waals surface area contributed by atoms with Crippen LogP contribution < -0.4 is 16.0 Å². The lowest BCUT2D eigenvalue weighted by Gasteiger charge is -2.23. The van der Waals surface area contributed by atoms with Crippen molar-refractivity contribution in [2.45, 2.75) is 18.9 Å². The van der Waals surface area contributed by atoms with Crippen molar-refractivity contribution in [1.82, 2.24) is 10.3 Å². The van der Waals surface area contributed by atoms with E-state index in [9.17, 15) is 14.9 Å². The zero-order valence-electron chi connectivity index (χ0n) is 10.5. The summed E-state index contributed by atoms with van der Waals surface area (Å²) in [4.78, 5) is 26.1. The quantitative estimate of drug-likeness (QED) is 0.546. The molecule has 1 atom stereocenters. The van der Waals surface area contributed by atoms with Gasteiger partial charge in [0.15, 0.2) is 0 Å². The van der Waals surface area contributed by atoms with E-state index in [0.29, 0.717) is 24.6 Å². The summed E-state index contributed by atoms with van der Waals surface area (Å²) in [5, 5.41) is 19.2. The molecule has 0 spiro atoms. The maximum absolute atomic E-state index is 11.6. The number of carbonyl (C=O) groups excluding carboxylic acids is 1. The van der Waals surface area contributed by atoms with Crippen molar-refractivity contribution < 1.29 is 9.72 Å². The van der Waals surface area contributed by atoms with Crippen molar-refractivity contribution >= 4 is 23.2 Å². The van der Waals surface area contributed by atoms with Gasteiger partial charge in [-0.05, 0) is 12.8 Å². The number of nitrogens with one attached hydrogen (secondary N) is 3. The van der Waals surface area contributed by atoms with Crippen LogP contribution in [0.1, 0.15) is 12.8 Å². The third-order valence-electron chi connectivity index (χ3n) is 2.88. The zero-order chi connectivity index (χ0) is 13.8. The highest BCUT2D eigenvalue weighted by atomic mass is 16.6. The van der Waals surface area contributed by atoms with Crippen molar-refractivity contribution in [2.75, 3.05) is 24.2 Å². The van der Waals surface area contributed by atoms with E-state index < -0.39 is 11.0 Å². The maximum Gasteiger partial charge on any atom is 0.276 e. The van der Waals surface area contributed by atoms with Gasteiger partial charge >= 0.3 is 0 Å². The summed E-state index contributed by atoms with van der Waals surface area (Å²) >= 11 is 0. The molecule has 8 heteroatoms. The average molecular weight is 265 g/mol. The Hall–Kier alpha value is -2.38. The number of hydrogen-bond donors (Lipinski definition) is 3. The van der Waals surface area contributed by atoms with Crippen LogP contribution in [0.2, 0.25) is 0 Å². The smallest absolute Gasteiger partial charge is 0.276 e. The summed E-state index contributed by atoms with van der Waals surface area (Å²) in [6.07, 6.45) is 1.56. The first-order chi connectivity index (χ1) is 9.10. The minimum absolute atomic E-state index is 0.0712. The Morgan fingerprint density at radius 1 is 1.47 bits per heavy atom. The predicted octanol–water partition coefficient (Wildman–Crippen LogP) is 0.722. The highest BCUT2D eigenvalue weighted by Gasteiger charge is 2.23. The first kappa shape index (κ1) is 13.1. The molecule has 1 aliphatic rings. The molecule has 8 nitrogen and oxygen atoms in total. The maximum atomic E-state index is 11.6. The second-order valence-electron chi connectivity index (χ2n) is 4.23. The van der Waals surface area contributed by atoms with Gasteiger partial charge in [0.25, 0.3) is 5.69 Å². The molecule has 1 unspecified atom stereocenters. The Balaban J connectivity index is 2.21. The van der Waals surface area contributed by atoms with Gasteiger partial charge in [-0.2, -0.15) is 0 Å². The van der Waals surface area contributed by atoms with E-state index in [4.69, 9.17) is 0 Å². The largest absolute Gasteiger partial charge is 0.373 e. The fourth-order valence-electron chi connectivity index (χ4n) is 1.91. The predicted molar refractivity (Wildman–Crippen MR) is 70.1 cm³/mol. The summed E-state index contributed by atoms with van der Waals surface area (Å²) in [6, 6.07) is 2.27. The lowest BCUT2D eigenvalue weighted by Crippen LogP contribution is -2.44. The Kier molecular flexibility index (Phi) is 3.79. The lowest BCUT2D eigenvalue weighted by atomic mass is 10.1. The van der Waals surface area contributed by atoms with Crippen LogP contribution >= 0.6 is 0 Å². The van der Waals surface area contributed by atoms with E-state index in [-0.39, 0.29) is 11.6 Å². The number of carbonyl (C=O) groups is 1. The van der Waals surface area contributed by atoms with Gasteiger partial charge in [0.1, 0.15) is 17.7 Å². The van der Waals surface area contributed by atoms with Crippen LogP contribution in [0.5, 0.6) is 0 Å². The van der Waals surface area contributed by atoms with E-state index >= 15 is 0 Å². The standard InChI is InChI=1S/C11H15N5O3/c1-12-9-5-7(16(18)19)6-10(15-9)14-8-3-2-4-13-11(8)17/h5-6,8H,2-4H2,1H3,(H,13,17)(H2,12,14,15). The molecule has 102 valence electrons. The molecular weight excluding hydrogens is 250 g/mol. The zero-order valence-corrected chi connectivity index (χ0v) is 10.5. The second kappa shape index (κ2) is 5.51. The van der Waals surface area contributed by atoms with Crippen molar-refractivity contribution in [3.63, 3.8) is 0 Å². The van der Waals surface area contributed by atoms with Gasteiger partial charge in [0.05, 0.1) is 17.1 Å². The van der Waals surface area contributed by atoms with Crippen molar-refractivity contribution in [3.05, 3.63) is 22.2 Å². The van der Waals surface area contributed by atoms with Crippen LogP contribution in [0.3, 0.4) is 0 Å². The van der Waals surface area contributed by atoms with Crippen LogP contribution in [-0.2, 0) is 4.79 Å². The Morgan fingerprint density at radius 3 is 2.84 bits per heavy atom. The minimum atomic E-state index is -0.491. The van der Waals surface area contributed by atoms with E-state index in [2.05, 4.69) is 20.9 Å². The molecule has 2 rings (SSSR count). The van der Waals surface area contributed by atoms with E-state index in [1.807, 2.05) is 0 Å². The SMILES string of the molecule is CNc1cc([N+](=O)[O-])cc(NC2CCCNC2=O)n1. The molecule has 0 saturated carbocycles. The highest BCUT2D eigenvalue weighted by molar-refractivity contribution is 5.85. The Morgan fingerprint density at radius 2 is 2.21 bits per heavy atom. The summed E-state index contributed by atoms with van der Waals surface area (Å²) in [5.41, 5.74) is -0.0712. The topological polar surface area (TPSA) is 109 Å². The number of pyridine rings is 1. The number of anilines is 2. The van der Waals surface area contributed by atoms with Crippen molar-refractivity contribution in [1.29, 1.82) is 0 Å². The lowest BCUT2D eigenvalue weighted by molar-refractivity contribution is -0.384. The first-order valence-corrected chi connectivity index (χ1v) is 5.98. The van der Waals surface area contributed by atoms with Crippen LogP contribution in [-0.4, -0.2) is 35.4 Å². The van der Waals surface area contributed by atoms with Crippen LogP contribution in [0.4, 0.5) is 17.3 Å². The van der Waals surface area contributed by atoms with Crippen LogP contribution in [0, 0.1) is 10.1 Å². The number of piperidine rings is 1. The molecule has 1 fully saturated rings. The third kappa shape index (κ3) is 3.09. The molecule has 0 bridgehead atoms. The van der Waals surface area contributed by atoms with Gasteiger partial charge in [0, 0.05) is 13.6 Å². The first-order valence-electron chi connectivity index (χ1n) is 5.98. The minimum Gasteiger partial charge on any atom is -0.373 e. The molecule has 1 saturated heterocycles. The normalized spacial score (nSPS) is 18.6. The second-order valence-corrected chi connectivity index (χ2v) is 4.23. The summed E-state index contributed by atoms with van der Waals surface area (Å²) in [7, 11) is 1.63. The molecule has 1 amide bonds. The molecule has 2 heterocycles. The van der Waals surface area contributed by atoms with E-state index in [0.717, 1.165) is 6.42 Å². The van der Waals surface area contributed by atoms with Crippen LogP contribution in [0.15, 0.2) is 12.1 Å². The highest BCUT2D eigenvalue weighted by Crippen LogP contribution is 2.21. The monoisotopic (exact) mass is 265 g/mol. The van der Waals surface area contributed by atoms with E-state index in [1.54, 1.807) is 7.05 Å². The molecule has 0 radical (unpaired) electrons. The van der Waals surface area contributed by atoms with Gasteiger partial charge < -0.3 is 16.0 Å². The number of hydrogen-bond acceptors (Lipinski definition) is 6. The van der Waals surface area contributed by atoms with Gasteiger partial charge in [-0.3, -0.25) is 14.9 Å². The fraction of sp³-hybridized carbons (Fsp3) is 0.455. The molecular formula is C11H15N5O3. The molecule has 0 aromatic carbocycles. The van der Waals surface area contributed by atoms with Gasteiger partial charge in [-0.15, -0.1) is 0 Å². The van der Waals surface area contributed by atoms with Crippen molar-refractivity contribution in [3.8, 4) is 0 Å². The third-order valence-corrected chi connectivity index (χ3v) is 2.88. The van der Waals surface area contributed by atoms with Gasteiger partial charge in [-0.25, -0.2) is 4.98 Å². The molecule has 0 aliphatic carbocycles. The Bertz CT molecular complexity index is 505. The average Bonchev–Trinajstić information content (AvgIpc) is 2.41. The Labute approximate surface area is 109 Å². The molecule has 1 aromatic heterocycles.